The second kappa shape index (κ2) is 6.02. The Kier molecular flexibility index (Phi) is 4.29. The molecule has 0 saturated carbocycles. The molecule has 0 bridgehead atoms. The van der Waals surface area contributed by atoms with Gasteiger partial charge in [-0.3, -0.25) is 0 Å². The van der Waals surface area contributed by atoms with E-state index in [4.69, 9.17) is 10.5 Å². The maximum atomic E-state index is 11.9. The van der Waals surface area contributed by atoms with Gasteiger partial charge >= 0.3 is 6.09 Å². The summed E-state index contributed by atoms with van der Waals surface area (Å²) in [6.45, 7) is 4.33. The molecule has 1 amide bonds. The average molecular weight is 311 g/mol. The van der Waals surface area contributed by atoms with Gasteiger partial charge in [0.15, 0.2) is 5.41 Å². The summed E-state index contributed by atoms with van der Waals surface area (Å²) < 4.78 is 5.00. The molecule has 1 heterocycles. The molecule has 2 aliphatic rings. The van der Waals surface area contributed by atoms with Crippen LogP contribution in [0.2, 0.25) is 0 Å². The van der Waals surface area contributed by atoms with Gasteiger partial charge in [0.2, 0.25) is 0 Å². The lowest BCUT2D eigenvalue weighted by atomic mass is 9.61. The fraction of sp³-hybridized carbons (Fsp3) is 0.500. The smallest absolute Gasteiger partial charge is 0.410 e. The Hall–Kier alpha value is -2.98. The zero-order valence-electron chi connectivity index (χ0n) is 13.0. The fourth-order valence-corrected chi connectivity index (χ4v) is 3.22. The van der Waals surface area contributed by atoms with Gasteiger partial charge in [-0.25, -0.2) is 4.79 Å². The van der Waals surface area contributed by atoms with Crippen molar-refractivity contribution in [1.82, 2.24) is 4.90 Å². The Labute approximate surface area is 134 Å². The minimum atomic E-state index is -1.56. The van der Waals surface area contributed by atoms with E-state index in [0.29, 0.717) is 12.1 Å². The van der Waals surface area contributed by atoms with Crippen molar-refractivity contribution in [1.29, 1.82) is 15.8 Å². The van der Waals surface area contributed by atoms with E-state index < -0.39 is 17.4 Å². The molecule has 2 rings (SSSR count). The number of amides is 1. The van der Waals surface area contributed by atoms with Gasteiger partial charge in [0.25, 0.3) is 0 Å². The van der Waals surface area contributed by atoms with Crippen molar-refractivity contribution in [2.45, 2.75) is 13.8 Å². The van der Waals surface area contributed by atoms with Crippen molar-refractivity contribution in [3.63, 3.8) is 0 Å². The summed E-state index contributed by atoms with van der Waals surface area (Å²) in [4.78, 5) is 13.4. The Morgan fingerprint density at radius 2 is 2.13 bits per heavy atom. The Balaban J connectivity index is 2.52. The van der Waals surface area contributed by atoms with Crippen molar-refractivity contribution in [3.05, 3.63) is 22.9 Å². The maximum Gasteiger partial charge on any atom is 0.410 e. The van der Waals surface area contributed by atoms with Gasteiger partial charge in [0.1, 0.15) is 6.07 Å². The summed E-state index contributed by atoms with van der Waals surface area (Å²) in [5, 5.41) is 28.5. The van der Waals surface area contributed by atoms with Crippen LogP contribution in [-0.2, 0) is 4.74 Å². The van der Waals surface area contributed by atoms with E-state index in [1.165, 1.54) is 4.90 Å². The van der Waals surface area contributed by atoms with Crippen molar-refractivity contribution < 1.29 is 9.53 Å². The molecule has 0 aromatic rings. The van der Waals surface area contributed by atoms with Gasteiger partial charge in [-0.2, -0.15) is 15.8 Å². The zero-order valence-corrected chi connectivity index (χ0v) is 13.0. The largest absolute Gasteiger partial charge is 0.450 e. The predicted octanol–water partition coefficient (Wildman–Crippen LogP) is 1.42. The van der Waals surface area contributed by atoms with Crippen LogP contribution in [0.5, 0.6) is 0 Å². The third kappa shape index (κ3) is 2.29. The molecule has 118 valence electrons. The maximum absolute atomic E-state index is 11.9. The third-order valence-electron chi connectivity index (χ3n) is 4.61. The van der Waals surface area contributed by atoms with Crippen LogP contribution in [0.3, 0.4) is 0 Å². The monoisotopic (exact) mass is 311 g/mol. The number of ether oxygens (including phenoxy) is 1. The first-order valence-electron chi connectivity index (χ1n) is 7.31. The molecule has 0 aromatic heterocycles. The zero-order chi connectivity index (χ0) is 17.2. The van der Waals surface area contributed by atoms with Crippen LogP contribution in [0.1, 0.15) is 13.8 Å². The molecule has 0 radical (unpaired) electrons. The number of fused-ring (bicyclic) bond motifs is 1. The lowest BCUT2D eigenvalue weighted by Gasteiger charge is -2.43. The normalized spacial score (nSPS) is 25.3. The van der Waals surface area contributed by atoms with Crippen LogP contribution in [0, 0.1) is 51.2 Å². The Bertz CT molecular complexity index is 702. The lowest BCUT2D eigenvalue weighted by molar-refractivity contribution is 0.0959. The predicted molar refractivity (Wildman–Crippen MR) is 79.8 cm³/mol. The summed E-state index contributed by atoms with van der Waals surface area (Å²) in [6.07, 6.45) is 1.31. The highest BCUT2D eigenvalue weighted by Crippen LogP contribution is 2.48. The highest BCUT2D eigenvalue weighted by molar-refractivity contribution is 5.69. The van der Waals surface area contributed by atoms with Gasteiger partial charge < -0.3 is 15.4 Å². The molecule has 2 N–H and O–H groups in total. The van der Waals surface area contributed by atoms with Crippen LogP contribution in [-0.4, -0.2) is 30.7 Å². The molecular formula is C16H17N5O2. The number of nitrogens with two attached hydrogens (primary N) is 1. The summed E-state index contributed by atoms with van der Waals surface area (Å²) in [7, 11) is 0. The highest BCUT2D eigenvalue weighted by Gasteiger charge is 2.52. The van der Waals surface area contributed by atoms with Gasteiger partial charge in [0.05, 0.1) is 30.0 Å². The van der Waals surface area contributed by atoms with Crippen molar-refractivity contribution in [2.75, 3.05) is 19.7 Å². The minimum Gasteiger partial charge on any atom is -0.450 e. The highest BCUT2D eigenvalue weighted by atomic mass is 16.6. The molecule has 1 aliphatic carbocycles. The number of hydrogen-bond acceptors (Lipinski definition) is 6. The van der Waals surface area contributed by atoms with Gasteiger partial charge in [-0.15, -0.1) is 0 Å². The van der Waals surface area contributed by atoms with Gasteiger partial charge in [-0.05, 0) is 12.5 Å². The second-order valence-corrected chi connectivity index (χ2v) is 5.59. The standard InChI is InChI=1S/C16H17N5O2/c1-3-23-15(22)21-5-4-11-12(6-17)14(20)16(8-18,9-19)10(2)13(11)7-21/h4,10,13H,3,5,7,20H2,1-2H3/t10-,13+/m0/s1. The van der Waals surface area contributed by atoms with Gasteiger partial charge in [-0.1, -0.05) is 13.0 Å². The molecule has 7 heteroatoms. The lowest BCUT2D eigenvalue weighted by Crippen LogP contribution is -2.49. The average Bonchev–Trinajstić information content (AvgIpc) is 2.56. The molecule has 0 aromatic carbocycles. The summed E-state index contributed by atoms with van der Waals surface area (Å²) in [5.74, 6) is -0.757. The molecular weight excluding hydrogens is 294 g/mol. The molecule has 23 heavy (non-hydrogen) atoms. The number of allylic oxidation sites excluding steroid dienone is 2. The molecule has 0 saturated heterocycles. The number of hydrogen-bond donors (Lipinski definition) is 1. The van der Waals surface area contributed by atoms with Crippen LogP contribution >= 0.6 is 0 Å². The molecule has 2 atom stereocenters. The second-order valence-electron chi connectivity index (χ2n) is 5.59. The Morgan fingerprint density at radius 1 is 1.48 bits per heavy atom. The van der Waals surface area contributed by atoms with Gasteiger partial charge in [0, 0.05) is 24.9 Å². The first-order valence-corrected chi connectivity index (χ1v) is 7.31. The number of nitriles is 3. The van der Waals surface area contributed by atoms with Crippen LogP contribution in [0.25, 0.3) is 0 Å². The summed E-state index contributed by atoms with van der Waals surface area (Å²) in [5.41, 5.74) is 5.32. The van der Waals surface area contributed by atoms with Crippen LogP contribution < -0.4 is 5.73 Å². The van der Waals surface area contributed by atoms with E-state index in [2.05, 4.69) is 0 Å². The quantitative estimate of drug-likeness (QED) is 0.780. The molecule has 0 fully saturated rings. The molecule has 0 spiro atoms. The first kappa shape index (κ1) is 16.4. The van der Waals surface area contributed by atoms with Crippen LogP contribution in [0.4, 0.5) is 4.79 Å². The molecule has 7 nitrogen and oxygen atoms in total. The van der Waals surface area contributed by atoms with E-state index in [1.807, 2.05) is 18.2 Å². The van der Waals surface area contributed by atoms with Crippen LogP contribution in [0.15, 0.2) is 22.9 Å². The molecule has 1 aliphatic heterocycles. The summed E-state index contributed by atoms with van der Waals surface area (Å²) >= 11 is 0. The van der Waals surface area contributed by atoms with Crippen molar-refractivity contribution in [2.24, 2.45) is 23.0 Å². The number of nitrogens with zero attached hydrogens (tertiary/aromatic N) is 4. The van der Waals surface area contributed by atoms with E-state index in [-0.39, 0.29) is 30.3 Å². The number of carbonyl (C=O) groups excluding carboxylic acids is 1. The Morgan fingerprint density at radius 3 is 2.65 bits per heavy atom. The first-order chi connectivity index (χ1) is 11.0. The minimum absolute atomic E-state index is 0.00425. The number of rotatable bonds is 1. The van der Waals surface area contributed by atoms with E-state index in [0.717, 1.165) is 0 Å². The van der Waals surface area contributed by atoms with E-state index in [9.17, 15) is 20.6 Å². The summed E-state index contributed by atoms with van der Waals surface area (Å²) in [6, 6.07) is 5.97. The topological polar surface area (TPSA) is 127 Å². The fourth-order valence-electron chi connectivity index (χ4n) is 3.22. The number of carbonyl (C=O) groups is 1. The van der Waals surface area contributed by atoms with Crippen molar-refractivity contribution in [3.8, 4) is 18.2 Å². The van der Waals surface area contributed by atoms with Crippen molar-refractivity contribution >= 4 is 6.09 Å². The molecule has 0 unspecified atom stereocenters. The van der Waals surface area contributed by atoms with E-state index in [1.54, 1.807) is 19.9 Å². The third-order valence-corrected chi connectivity index (χ3v) is 4.61. The SMILES string of the molecule is CCOC(=O)N1CC=C2C(C#N)=C(N)C(C#N)(C#N)[C@@H](C)[C@H]2C1. The van der Waals surface area contributed by atoms with E-state index >= 15 is 0 Å².